The molecule has 2 rings (SSSR count). The highest BCUT2D eigenvalue weighted by molar-refractivity contribution is 5.49. The van der Waals surface area contributed by atoms with E-state index in [9.17, 15) is 0 Å². The fourth-order valence-electron chi connectivity index (χ4n) is 2.71. The van der Waals surface area contributed by atoms with Crippen LogP contribution >= 0.6 is 0 Å². The molecule has 0 aromatic carbocycles. The molecule has 0 aliphatic heterocycles. The highest BCUT2D eigenvalue weighted by Gasteiger charge is 2.48. The maximum atomic E-state index is 5.49. The summed E-state index contributed by atoms with van der Waals surface area (Å²) in [6.45, 7) is 9.47. The first-order valence-corrected chi connectivity index (χ1v) is 7.42. The Kier molecular flexibility index (Phi) is 4.48. The summed E-state index contributed by atoms with van der Waals surface area (Å²) in [5.41, 5.74) is 0.129. The molecular formula is C15H26N4O. The van der Waals surface area contributed by atoms with Crippen LogP contribution in [0.25, 0.3) is 0 Å². The van der Waals surface area contributed by atoms with Crippen LogP contribution in [0.15, 0.2) is 6.07 Å². The van der Waals surface area contributed by atoms with Crippen LogP contribution in [0.4, 0.5) is 11.6 Å². The van der Waals surface area contributed by atoms with Crippen LogP contribution in [0.1, 0.15) is 39.9 Å². The number of anilines is 2. The Labute approximate surface area is 121 Å². The molecule has 0 amide bonds. The number of nitrogens with zero attached hydrogens (tertiary/aromatic N) is 2. The van der Waals surface area contributed by atoms with E-state index in [1.165, 1.54) is 0 Å². The third-order valence-electron chi connectivity index (χ3n) is 4.23. The number of nitrogens with one attached hydrogen (secondary N) is 2. The Morgan fingerprint density at radius 1 is 1.30 bits per heavy atom. The molecule has 1 saturated carbocycles. The molecule has 1 aromatic rings. The Morgan fingerprint density at radius 3 is 2.55 bits per heavy atom. The van der Waals surface area contributed by atoms with Gasteiger partial charge in [0.2, 0.25) is 0 Å². The van der Waals surface area contributed by atoms with Gasteiger partial charge in [0.25, 0.3) is 0 Å². The first kappa shape index (κ1) is 15.0. The van der Waals surface area contributed by atoms with E-state index in [1.54, 1.807) is 7.11 Å². The third-order valence-corrected chi connectivity index (χ3v) is 4.23. The molecule has 0 saturated heterocycles. The van der Waals surface area contributed by atoms with Crippen molar-refractivity contribution < 1.29 is 4.74 Å². The van der Waals surface area contributed by atoms with Crippen molar-refractivity contribution in [1.29, 1.82) is 0 Å². The average molecular weight is 278 g/mol. The Morgan fingerprint density at radius 2 is 2.00 bits per heavy atom. The predicted octanol–water partition coefficient (Wildman–Crippen LogP) is 2.70. The second kappa shape index (κ2) is 5.95. The summed E-state index contributed by atoms with van der Waals surface area (Å²) in [7, 11) is 1.78. The van der Waals surface area contributed by atoms with Gasteiger partial charge in [-0.2, -0.15) is 0 Å². The lowest BCUT2D eigenvalue weighted by atomic mass is 9.64. The molecule has 2 N–H and O–H groups in total. The normalized spacial score (nSPS) is 24.1. The van der Waals surface area contributed by atoms with Crippen molar-refractivity contribution >= 4 is 11.6 Å². The fourth-order valence-corrected chi connectivity index (χ4v) is 2.71. The van der Waals surface area contributed by atoms with E-state index in [2.05, 4.69) is 48.3 Å². The molecular weight excluding hydrogens is 252 g/mol. The molecule has 1 aliphatic rings. The average Bonchev–Trinajstić information content (AvgIpc) is 2.43. The molecule has 0 bridgehead atoms. The maximum Gasteiger partial charge on any atom is 0.132 e. The van der Waals surface area contributed by atoms with Gasteiger partial charge in [-0.25, -0.2) is 9.97 Å². The van der Waals surface area contributed by atoms with Gasteiger partial charge in [-0.3, -0.25) is 0 Å². The SMILES string of the molecule is CCNc1cc(NC2CC(OC)C2(C)C)nc(CC)n1. The van der Waals surface area contributed by atoms with Crippen molar-refractivity contribution in [2.45, 2.75) is 52.7 Å². The zero-order chi connectivity index (χ0) is 14.8. The van der Waals surface area contributed by atoms with Crippen LogP contribution in [0.5, 0.6) is 0 Å². The number of ether oxygens (including phenoxy) is 1. The van der Waals surface area contributed by atoms with E-state index < -0.39 is 0 Å². The van der Waals surface area contributed by atoms with E-state index in [-0.39, 0.29) is 5.41 Å². The van der Waals surface area contributed by atoms with E-state index >= 15 is 0 Å². The van der Waals surface area contributed by atoms with Crippen molar-refractivity contribution in [3.05, 3.63) is 11.9 Å². The van der Waals surface area contributed by atoms with Crippen molar-refractivity contribution in [3.8, 4) is 0 Å². The second-order valence-electron chi connectivity index (χ2n) is 5.92. The lowest BCUT2D eigenvalue weighted by Crippen LogP contribution is -2.57. The molecule has 1 heterocycles. The number of hydrogen-bond acceptors (Lipinski definition) is 5. The van der Waals surface area contributed by atoms with Crippen molar-refractivity contribution in [2.75, 3.05) is 24.3 Å². The largest absolute Gasteiger partial charge is 0.381 e. The number of hydrogen-bond donors (Lipinski definition) is 2. The van der Waals surface area contributed by atoms with Crippen LogP contribution in [0.2, 0.25) is 0 Å². The van der Waals surface area contributed by atoms with Crippen LogP contribution < -0.4 is 10.6 Å². The van der Waals surface area contributed by atoms with Gasteiger partial charge in [0.15, 0.2) is 0 Å². The molecule has 0 radical (unpaired) electrons. The Hall–Kier alpha value is -1.36. The van der Waals surface area contributed by atoms with Crippen LogP contribution in [-0.2, 0) is 11.2 Å². The number of aryl methyl sites for hydroxylation is 1. The van der Waals surface area contributed by atoms with Crippen molar-refractivity contribution in [3.63, 3.8) is 0 Å². The molecule has 5 nitrogen and oxygen atoms in total. The van der Waals surface area contributed by atoms with Gasteiger partial charge >= 0.3 is 0 Å². The standard InChI is InChI=1S/C15H26N4O/c1-6-12-18-13(16-7-2)9-14(19-12)17-10-8-11(20-5)15(10,3)4/h9-11H,6-8H2,1-5H3,(H2,16,17,18,19). The van der Waals surface area contributed by atoms with Crippen LogP contribution in [0.3, 0.4) is 0 Å². The molecule has 1 fully saturated rings. The van der Waals surface area contributed by atoms with Gasteiger partial charge in [-0.1, -0.05) is 20.8 Å². The lowest BCUT2D eigenvalue weighted by molar-refractivity contribution is -0.0795. The molecule has 112 valence electrons. The molecule has 0 spiro atoms. The third kappa shape index (κ3) is 2.87. The topological polar surface area (TPSA) is 59.1 Å². The van der Waals surface area contributed by atoms with E-state index in [0.717, 1.165) is 36.8 Å². The number of aromatic nitrogens is 2. The quantitative estimate of drug-likeness (QED) is 0.838. The molecule has 1 aliphatic carbocycles. The summed E-state index contributed by atoms with van der Waals surface area (Å²) in [6, 6.07) is 2.38. The first-order valence-electron chi connectivity index (χ1n) is 7.42. The van der Waals surface area contributed by atoms with Gasteiger partial charge < -0.3 is 15.4 Å². The summed E-state index contributed by atoms with van der Waals surface area (Å²) >= 11 is 0. The minimum Gasteiger partial charge on any atom is -0.381 e. The molecule has 2 atom stereocenters. The monoisotopic (exact) mass is 278 g/mol. The minimum absolute atomic E-state index is 0.129. The van der Waals surface area contributed by atoms with Crippen LogP contribution in [0, 0.1) is 5.41 Å². The Bertz CT molecular complexity index is 461. The summed E-state index contributed by atoms with van der Waals surface area (Å²) in [6.07, 6.45) is 2.18. The van der Waals surface area contributed by atoms with Crippen LogP contribution in [-0.4, -0.2) is 35.8 Å². The predicted molar refractivity (Wildman–Crippen MR) is 82.2 cm³/mol. The summed E-state index contributed by atoms with van der Waals surface area (Å²) in [5.74, 6) is 2.66. The maximum absolute atomic E-state index is 5.49. The van der Waals surface area contributed by atoms with Crippen molar-refractivity contribution in [1.82, 2.24) is 9.97 Å². The van der Waals surface area contributed by atoms with E-state index in [0.29, 0.717) is 12.1 Å². The number of methoxy groups -OCH3 is 1. The summed E-state index contributed by atoms with van der Waals surface area (Å²) < 4.78 is 5.49. The zero-order valence-corrected chi connectivity index (χ0v) is 13.2. The van der Waals surface area contributed by atoms with Gasteiger partial charge in [-0.05, 0) is 13.3 Å². The van der Waals surface area contributed by atoms with E-state index in [1.807, 2.05) is 6.07 Å². The molecule has 1 aromatic heterocycles. The lowest BCUT2D eigenvalue weighted by Gasteiger charge is -2.51. The smallest absolute Gasteiger partial charge is 0.132 e. The highest BCUT2D eigenvalue weighted by atomic mass is 16.5. The molecule has 5 heteroatoms. The number of rotatable bonds is 6. The van der Waals surface area contributed by atoms with Gasteiger partial charge in [0.05, 0.1) is 6.10 Å². The second-order valence-corrected chi connectivity index (χ2v) is 5.92. The van der Waals surface area contributed by atoms with Gasteiger partial charge in [-0.15, -0.1) is 0 Å². The minimum atomic E-state index is 0.129. The summed E-state index contributed by atoms with van der Waals surface area (Å²) in [4.78, 5) is 9.04. The summed E-state index contributed by atoms with van der Waals surface area (Å²) in [5, 5.41) is 6.79. The Balaban J connectivity index is 2.11. The zero-order valence-electron chi connectivity index (χ0n) is 13.2. The highest BCUT2D eigenvalue weighted by Crippen LogP contribution is 2.43. The van der Waals surface area contributed by atoms with Gasteiger partial charge in [0, 0.05) is 37.6 Å². The van der Waals surface area contributed by atoms with E-state index in [4.69, 9.17) is 4.74 Å². The van der Waals surface area contributed by atoms with Crippen molar-refractivity contribution in [2.24, 2.45) is 5.41 Å². The molecule has 2 unspecified atom stereocenters. The molecule has 20 heavy (non-hydrogen) atoms. The fraction of sp³-hybridized carbons (Fsp3) is 0.733. The van der Waals surface area contributed by atoms with Gasteiger partial charge in [0.1, 0.15) is 17.5 Å². The first-order chi connectivity index (χ1) is 9.51.